The molecule has 0 saturated heterocycles. The molecule has 1 heterocycles. The molecule has 0 spiro atoms. The quantitative estimate of drug-likeness (QED) is 0.575. The smallest absolute Gasteiger partial charge is 0.132 e. The lowest BCUT2D eigenvalue weighted by Crippen LogP contribution is -2.11. The summed E-state index contributed by atoms with van der Waals surface area (Å²) < 4.78 is 18.6. The first kappa shape index (κ1) is 7.59. The number of hydrogen-bond acceptors (Lipinski definition) is 1. The third kappa shape index (κ3) is 1.17. The van der Waals surface area contributed by atoms with Crippen LogP contribution in [0.25, 0.3) is 0 Å². The molecule has 0 saturated carbocycles. The molecule has 1 unspecified atom stereocenters. The van der Waals surface area contributed by atoms with E-state index < -0.39 is 6.17 Å². The molecule has 0 fully saturated rings. The minimum absolute atomic E-state index is 0.483. The van der Waals surface area contributed by atoms with Gasteiger partial charge in [0.2, 0.25) is 0 Å². The van der Waals surface area contributed by atoms with Crippen molar-refractivity contribution in [2.75, 3.05) is 6.61 Å². The maximum atomic E-state index is 13.3. The second-order valence-corrected chi connectivity index (χ2v) is 3.15. The van der Waals surface area contributed by atoms with Crippen LogP contribution >= 0.6 is 0 Å². The van der Waals surface area contributed by atoms with Crippen molar-refractivity contribution in [1.29, 1.82) is 0 Å². The summed E-state index contributed by atoms with van der Waals surface area (Å²) in [6.45, 7) is 2.46. The summed E-state index contributed by atoms with van der Waals surface area (Å²) in [6.07, 6.45) is -0.357. The molecule has 2 rings (SSSR count). The molecule has 0 aromatic heterocycles. The molecule has 0 amide bonds. The number of hydrogen-bond donors (Lipinski definition) is 0. The van der Waals surface area contributed by atoms with Crippen molar-refractivity contribution in [3.05, 3.63) is 29.3 Å². The van der Waals surface area contributed by atoms with E-state index in [9.17, 15) is 4.39 Å². The van der Waals surface area contributed by atoms with E-state index in [1.165, 1.54) is 0 Å². The molecule has 1 aliphatic rings. The Bertz CT molecular complexity index is 296. The van der Waals surface area contributed by atoms with Gasteiger partial charge >= 0.3 is 0 Å². The molecule has 0 aliphatic carbocycles. The summed E-state index contributed by atoms with van der Waals surface area (Å²) in [5.41, 5.74) is 1.79. The van der Waals surface area contributed by atoms with Crippen molar-refractivity contribution in [2.24, 2.45) is 0 Å². The second-order valence-electron chi connectivity index (χ2n) is 3.15. The summed E-state index contributed by atoms with van der Waals surface area (Å²) in [5, 5.41) is 0. The highest BCUT2D eigenvalue weighted by molar-refractivity contribution is 5.39. The van der Waals surface area contributed by atoms with E-state index in [-0.39, 0.29) is 0 Å². The van der Waals surface area contributed by atoms with E-state index in [1.807, 2.05) is 25.1 Å². The van der Waals surface area contributed by atoms with Crippen molar-refractivity contribution in [1.82, 2.24) is 0 Å². The predicted molar refractivity (Wildman–Crippen MR) is 45.1 cm³/mol. The standard InChI is InChI=1S/C10H11FO/c1-7-2-3-10-8(6-7)9(11)4-5-12-10/h2-3,6,9H,4-5H2,1H3. The molecule has 12 heavy (non-hydrogen) atoms. The number of halogens is 1. The highest BCUT2D eigenvalue weighted by atomic mass is 19.1. The number of aryl methyl sites for hydroxylation is 1. The average molecular weight is 166 g/mol. The minimum Gasteiger partial charge on any atom is -0.493 e. The van der Waals surface area contributed by atoms with Gasteiger partial charge in [0.1, 0.15) is 11.9 Å². The van der Waals surface area contributed by atoms with Crippen LogP contribution in [-0.4, -0.2) is 6.61 Å². The summed E-state index contributed by atoms with van der Waals surface area (Å²) in [6, 6.07) is 5.65. The molecule has 1 aromatic rings. The Morgan fingerprint density at radius 1 is 1.50 bits per heavy atom. The van der Waals surface area contributed by atoms with Crippen LogP contribution in [0, 0.1) is 6.92 Å². The van der Waals surface area contributed by atoms with E-state index in [0.717, 1.165) is 5.56 Å². The summed E-state index contributed by atoms with van der Waals surface area (Å²) >= 11 is 0. The fourth-order valence-corrected chi connectivity index (χ4v) is 1.47. The number of ether oxygens (including phenoxy) is 1. The third-order valence-electron chi connectivity index (χ3n) is 2.13. The first-order chi connectivity index (χ1) is 5.77. The van der Waals surface area contributed by atoms with Gasteiger partial charge in [-0.05, 0) is 19.1 Å². The molecule has 1 atom stereocenters. The fourth-order valence-electron chi connectivity index (χ4n) is 1.47. The summed E-state index contributed by atoms with van der Waals surface area (Å²) in [5.74, 6) is 0.708. The molecule has 64 valence electrons. The van der Waals surface area contributed by atoms with Crippen molar-refractivity contribution < 1.29 is 9.13 Å². The number of alkyl halides is 1. The Balaban J connectivity index is 2.47. The SMILES string of the molecule is Cc1ccc2c(c1)C(F)CCO2. The van der Waals surface area contributed by atoms with Gasteiger partial charge in [0.05, 0.1) is 6.61 Å². The van der Waals surface area contributed by atoms with Gasteiger partial charge in [-0.15, -0.1) is 0 Å². The van der Waals surface area contributed by atoms with Gasteiger partial charge in [-0.3, -0.25) is 0 Å². The lowest BCUT2D eigenvalue weighted by molar-refractivity contribution is 0.200. The average Bonchev–Trinajstić information content (AvgIpc) is 2.07. The zero-order valence-corrected chi connectivity index (χ0v) is 7.01. The van der Waals surface area contributed by atoms with Gasteiger partial charge in [0, 0.05) is 12.0 Å². The van der Waals surface area contributed by atoms with Crippen molar-refractivity contribution >= 4 is 0 Å². The maximum Gasteiger partial charge on any atom is 0.132 e. The Morgan fingerprint density at radius 2 is 2.33 bits per heavy atom. The zero-order chi connectivity index (χ0) is 8.55. The number of fused-ring (bicyclic) bond motifs is 1. The Labute approximate surface area is 71.2 Å². The maximum absolute atomic E-state index is 13.3. The van der Waals surface area contributed by atoms with Crippen LogP contribution in [0.1, 0.15) is 23.7 Å². The monoisotopic (exact) mass is 166 g/mol. The Kier molecular flexibility index (Phi) is 1.75. The molecule has 1 aromatic carbocycles. The molecule has 0 N–H and O–H groups in total. The van der Waals surface area contributed by atoms with Gasteiger partial charge in [0.15, 0.2) is 0 Å². The third-order valence-corrected chi connectivity index (χ3v) is 2.13. The molecule has 2 heteroatoms. The topological polar surface area (TPSA) is 9.23 Å². The van der Waals surface area contributed by atoms with E-state index in [4.69, 9.17) is 4.74 Å². The molecular weight excluding hydrogens is 155 g/mol. The number of rotatable bonds is 0. The lowest BCUT2D eigenvalue weighted by Gasteiger charge is -2.20. The van der Waals surface area contributed by atoms with Crippen LogP contribution in [0.15, 0.2) is 18.2 Å². The van der Waals surface area contributed by atoms with Crippen LogP contribution in [0.5, 0.6) is 5.75 Å². The van der Waals surface area contributed by atoms with Gasteiger partial charge in [-0.1, -0.05) is 11.6 Å². The van der Waals surface area contributed by atoms with Crippen molar-refractivity contribution in [3.63, 3.8) is 0 Å². The molecule has 0 radical (unpaired) electrons. The first-order valence-electron chi connectivity index (χ1n) is 4.15. The zero-order valence-electron chi connectivity index (χ0n) is 7.01. The summed E-state index contributed by atoms with van der Waals surface area (Å²) in [4.78, 5) is 0. The normalized spacial score (nSPS) is 21.3. The van der Waals surface area contributed by atoms with E-state index in [2.05, 4.69) is 0 Å². The van der Waals surface area contributed by atoms with Crippen molar-refractivity contribution in [2.45, 2.75) is 19.5 Å². The molecule has 0 bridgehead atoms. The highest BCUT2D eigenvalue weighted by Gasteiger charge is 2.20. The van der Waals surface area contributed by atoms with E-state index in [1.54, 1.807) is 0 Å². The van der Waals surface area contributed by atoms with Gasteiger partial charge in [-0.2, -0.15) is 0 Å². The van der Waals surface area contributed by atoms with Gasteiger partial charge < -0.3 is 4.74 Å². The van der Waals surface area contributed by atoms with Crippen LogP contribution in [0.2, 0.25) is 0 Å². The second kappa shape index (κ2) is 2.77. The highest BCUT2D eigenvalue weighted by Crippen LogP contribution is 2.34. The molecule has 1 aliphatic heterocycles. The van der Waals surface area contributed by atoms with Crippen LogP contribution in [0.4, 0.5) is 4.39 Å². The minimum atomic E-state index is -0.839. The number of benzene rings is 1. The van der Waals surface area contributed by atoms with Gasteiger partial charge in [-0.25, -0.2) is 4.39 Å². The first-order valence-corrected chi connectivity index (χ1v) is 4.15. The van der Waals surface area contributed by atoms with Gasteiger partial charge in [0.25, 0.3) is 0 Å². The molecular formula is C10H11FO. The Morgan fingerprint density at radius 3 is 3.17 bits per heavy atom. The largest absolute Gasteiger partial charge is 0.493 e. The van der Waals surface area contributed by atoms with E-state index in [0.29, 0.717) is 24.3 Å². The van der Waals surface area contributed by atoms with E-state index >= 15 is 0 Å². The molecule has 1 nitrogen and oxygen atoms in total. The predicted octanol–water partition coefficient (Wildman–Crippen LogP) is 2.79. The van der Waals surface area contributed by atoms with Crippen LogP contribution in [0.3, 0.4) is 0 Å². The lowest BCUT2D eigenvalue weighted by atomic mass is 10.0. The summed E-state index contributed by atoms with van der Waals surface area (Å²) in [7, 11) is 0. The van der Waals surface area contributed by atoms with Crippen LogP contribution in [-0.2, 0) is 0 Å². The Hall–Kier alpha value is -1.05. The van der Waals surface area contributed by atoms with Crippen molar-refractivity contribution in [3.8, 4) is 5.75 Å². The fraction of sp³-hybridized carbons (Fsp3) is 0.400. The van der Waals surface area contributed by atoms with Crippen LogP contribution < -0.4 is 4.74 Å².